The van der Waals surface area contributed by atoms with Crippen molar-refractivity contribution in [2.24, 2.45) is 0 Å². The van der Waals surface area contributed by atoms with Gasteiger partial charge in [0.15, 0.2) is 6.10 Å². The quantitative estimate of drug-likeness (QED) is 0.274. The number of hydrogen-bond acceptors (Lipinski definition) is 6. The van der Waals surface area contributed by atoms with Crippen molar-refractivity contribution < 1.29 is 13.9 Å². The third-order valence-corrected chi connectivity index (χ3v) is 5.78. The van der Waals surface area contributed by atoms with E-state index in [-0.39, 0.29) is 22.8 Å². The van der Waals surface area contributed by atoms with Gasteiger partial charge in [-0.15, -0.1) is 10.2 Å². The van der Waals surface area contributed by atoms with Crippen LogP contribution in [0.2, 0.25) is 10.0 Å². The minimum absolute atomic E-state index is 0.144. The van der Waals surface area contributed by atoms with Crippen molar-refractivity contribution in [1.82, 2.24) is 10.2 Å². The Balaban J connectivity index is 1.54. The van der Waals surface area contributed by atoms with Crippen LogP contribution in [0.3, 0.4) is 0 Å². The summed E-state index contributed by atoms with van der Waals surface area (Å²) in [6.07, 6.45) is -0.515. The van der Waals surface area contributed by atoms with E-state index in [4.69, 9.17) is 32.4 Å². The zero-order valence-electron chi connectivity index (χ0n) is 15.4. The molecule has 0 saturated heterocycles. The van der Waals surface area contributed by atoms with E-state index in [1.54, 1.807) is 25.1 Å². The van der Waals surface area contributed by atoms with Gasteiger partial charge in [-0.05, 0) is 78.4 Å². The van der Waals surface area contributed by atoms with Gasteiger partial charge >= 0.3 is 0 Å². The zero-order valence-corrected chi connectivity index (χ0v) is 19.9. The molecule has 0 aliphatic heterocycles. The molecule has 6 nitrogen and oxygen atoms in total. The normalized spacial score (nSPS) is 11.9. The van der Waals surface area contributed by atoms with E-state index < -0.39 is 6.10 Å². The number of amides is 1. The standard InChI is InChI=1S/C19H16Cl2IN3O3S/c1-10-7-13(22)4-5-15(10)23-17(26)9-29-19-25-24-18(28-19)11(2)27-16-6-3-12(20)8-14(16)21/h3-8,11H,9H2,1-2H3,(H,23,26)/t11-/m1/s1. The van der Waals surface area contributed by atoms with Gasteiger partial charge in [-0.3, -0.25) is 4.79 Å². The van der Waals surface area contributed by atoms with Gasteiger partial charge in [0.05, 0.1) is 10.8 Å². The van der Waals surface area contributed by atoms with Crippen molar-refractivity contribution in [2.75, 3.05) is 11.1 Å². The maximum absolute atomic E-state index is 12.2. The Labute approximate surface area is 195 Å². The van der Waals surface area contributed by atoms with Crippen LogP contribution in [0.1, 0.15) is 24.5 Å². The topological polar surface area (TPSA) is 77.2 Å². The average Bonchev–Trinajstić information content (AvgIpc) is 3.14. The van der Waals surface area contributed by atoms with Crippen LogP contribution >= 0.6 is 57.6 Å². The SMILES string of the molecule is Cc1cc(I)ccc1NC(=O)CSc1nnc([C@@H](C)Oc2ccc(Cl)cc2Cl)o1. The van der Waals surface area contributed by atoms with Crippen molar-refractivity contribution in [2.45, 2.75) is 25.2 Å². The van der Waals surface area contributed by atoms with Gasteiger partial charge in [-0.2, -0.15) is 0 Å². The predicted octanol–water partition coefficient (Wildman–Crippen LogP) is 6.16. The van der Waals surface area contributed by atoms with Crippen LogP contribution in [0, 0.1) is 10.5 Å². The number of hydrogen-bond donors (Lipinski definition) is 1. The minimum atomic E-state index is -0.515. The Hall–Kier alpha value is -1.49. The Morgan fingerprint density at radius 3 is 2.79 bits per heavy atom. The molecule has 0 fully saturated rings. The summed E-state index contributed by atoms with van der Waals surface area (Å²) >= 11 is 15.4. The van der Waals surface area contributed by atoms with Crippen molar-refractivity contribution >= 4 is 69.1 Å². The fourth-order valence-electron chi connectivity index (χ4n) is 2.34. The number of carbonyl (C=O) groups is 1. The molecule has 1 heterocycles. The van der Waals surface area contributed by atoms with Crippen molar-refractivity contribution in [1.29, 1.82) is 0 Å². The third kappa shape index (κ3) is 6.24. The summed E-state index contributed by atoms with van der Waals surface area (Å²) in [5.41, 5.74) is 1.78. The van der Waals surface area contributed by atoms with E-state index in [2.05, 4.69) is 38.1 Å². The van der Waals surface area contributed by atoms with E-state index in [0.717, 1.165) is 26.6 Å². The number of carbonyl (C=O) groups excluding carboxylic acids is 1. The molecule has 0 saturated carbocycles. The summed E-state index contributed by atoms with van der Waals surface area (Å²) in [6, 6.07) is 10.8. The Bertz CT molecular complexity index is 1030. The number of nitrogens with zero attached hydrogens (tertiary/aromatic N) is 2. The third-order valence-electron chi connectivity index (χ3n) is 3.76. The fourth-order valence-corrected chi connectivity index (χ4v) is 4.01. The first-order valence-corrected chi connectivity index (χ1v) is 11.3. The van der Waals surface area contributed by atoms with Crippen LogP contribution in [-0.4, -0.2) is 21.9 Å². The highest BCUT2D eigenvalue weighted by atomic mass is 127. The first-order chi connectivity index (χ1) is 13.8. The largest absolute Gasteiger partial charge is 0.479 e. The minimum Gasteiger partial charge on any atom is -0.479 e. The van der Waals surface area contributed by atoms with E-state index in [1.807, 2.05) is 25.1 Å². The molecule has 1 amide bonds. The molecule has 0 bridgehead atoms. The van der Waals surface area contributed by atoms with Gasteiger partial charge in [-0.25, -0.2) is 0 Å². The first-order valence-electron chi connectivity index (χ1n) is 8.45. The molecular weight excluding hydrogens is 548 g/mol. The molecule has 0 aliphatic rings. The lowest BCUT2D eigenvalue weighted by Gasteiger charge is -2.12. The van der Waals surface area contributed by atoms with E-state index in [1.165, 1.54) is 0 Å². The Kier molecular flexibility index (Phi) is 7.66. The highest BCUT2D eigenvalue weighted by Crippen LogP contribution is 2.31. The predicted molar refractivity (Wildman–Crippen MR) is 123 cm³/mol. The Morgan fingerprint density at radius 1 is 1.28 bits per heavy atom. The molecular formula is C19H16Cl2IN3O3S. The summed E-state index contributed by atoms with van der Waals surface area (Å²) in [5.74, 6) is 0.734. The molecule has 29 heavy (non-hydrogen) atoms. The molecule has 1 N–H and O–H groups in total. The lowest BCUT2D eigenvalue weighted by atomic mass is 10.2. The number of aryl methyl sites for hydroxylation is 1. The van der Waals surface area contributed by atoms with Gasteiger partial charge in [0.1, 0.15) is 5.75 Å². The highest BCUT2D eigenvalue weighted by molar-refractivity contribution is 14.1. The number of nitrogens with one attached hydrogen (secondary N) is 1. The molecule has 3 aromatic rings. The van der Waals surface area contributed by atoms with Gasteiger partial charge in [0.25, 0.3) is 11.1 Å². The fraction of sp³-hybridized carbons (Fsp3) is 0.211. The lowest BCUT2D eigenvalue weighted by molar-refractivity contribution is -0.113. The molecule has 10 heteroatoms. The Morgan fingerprint density at radius 2 is 2.07 bits per heavy atom. The van der Waals surface area contributed by atoms with Crippen molar-refractivity contribution in [3.05, 3.63) is 61.5 Å². The highest BCUT2D eigenvalue weighted by Gasteiger charge is 2.18. The van der Waals surface area contributed by atoms with Crippen LogP contribution in [0.15, 0.2) is 46.0 Å². The van der Waals surface area contributed by atoms with Crippen molar-refractivity contribution in [3.63, 3.8) is 0 Å². The van der Waals surface area contributed by atoms with Crippen LogP contribution < -0.4 is 10.1 Å². The van der Waals surface area contributed by atoms with Crippen molar-refractivity contribution in [3.8, 4) is 5.75 Å². The van der Waals surface area contributed by atoms with E-state index in [9.17, 15) is 4.79 Å². The maximum Gasteiger partial charge on any atom is 0.277 e. The summed E-state index contributed by atoms with van der Waals surface area (Å²) in [6.45, 7) is 3.71. The number of thioether (sulfide) groups is 1. The number of ether oxygens (including phenoxy) is 1. The van der Waals surface area contributed by atoms with Crippen LogP contribution in [0.25, 0.3) is 0 Å². The van der Waals surface area contributed by atoms with Gasteiger partial charge < -0.3 is 14.5 Å². The molecule has 1 aromatic heterocycles. The average molecular weight is 564 g/mol. The molecule has 0 unspecified atom stereocenters. The van der Waals surface area contributed by atoms with Gasteiger partial charge in [0, 0.05) is 14.3 Å². The molecule has 0 aliphatic carbocycles. The molecule has 3 rings (SSSR count). The molecule has 0 radical (unpaired) electrons. The number of rotatable bonds is 7. The second kappa shape index (κ2) is 10.0. The second-order valence-corrected chi connectivity index (χ2v) is 9.05. The summed E-state index contributed by atoms with van der Waals surface area (Å²) < 4.78 is 12.5. The number of anilines is 1. The summed E-state index contributed by atoms with van der Waals surface area (Å²) in [4.78, 5) is 12.2. The monoisotopic (exact) mass is 563 g/mol. The second-order valence-electron chi connectivity index (χ2n) is 6.04. The smallest absolute Gasteiger partial charge is 0.277 e. The van der Waals surface area contributed by atoms with Gasteiger partial charge in [0.2, 0.25) is 5.91 Å². The molecule has 2 aromatic carbocycles. The maximum atomic E-state index is 12.2. The lowest BCUT2D eigenvalue weighted by Crippen LogP contribution is -2.14. The van der Waals surface area contributed by atoms with E-state index >= 15 is 0 Å². The summed E-state index contributed by atoms with van der Waals surface area (Å²) in [7, 11) is 0. The van der Waals surface area contributed by atoms with Gasteiger partial charge in [-0.1, -0.05) is 35.0 Å². The molecule has 0 spiro atoms. The molecule has 152 valence electrons. The zero-order chi connectivity index (χ0) is 21.0. The molecule has 1 atom stereocenters. The van der Waals surface area contributed by atoms with Crippen LogP contribution in [-0.2, 0) is 4.79 Å². The van der Waals surface area contributed by atoms with E-state index in [0.29, 0.717) is 15.8 Å². The number of benzene rings is 2. The van der Waals surface area contributed by atoms with Crippen LogP contribution in [0.4, 0.5) is 5.69 Å². The van der Waals surface area contributed by atoms with Crippen LogP contribution in [0.5, 0.6) is 5.75 Å². The number of aromatic nitrogens is 2. The first kappa shape index (κ1) is 22.2. The summed E-state index contributed by atoms with van der Waals surface area (Å²) in [5, 5.41) is 12.0. The number of halogens is 3.